The smallest absolute Gasteiger partial charge is 1.00 e. The molecule has 0 spiro atoms. The van der Waals surface area contributed by atoms with Crippen molar-refractivity contribution < 1.29 is 93.1 Å². The average molecular weight is 1820 g/mol. The Morgan fingerprint density at radius 1 is 0.468 bits per heavy atom. The number of aldehydes is 1. The van der Waals surface area contributed by atoms with Crippen LogP contribution in [0.2, 0.25) is 0 Å². The maximum Gasteiger partial charge on any atom is 1.00 e. The zero-order valence-corrected chi connectivity index (χ0v) is 81.7. The predicted molar refractivity (Wildman–Crippen MR) is 478 cm³/mol. The third kappa shape index (κ3) is 28.6. The number of hydrogen-bond donors (Lipinski definition) is 3. The van der Waals surface area contributed by atoms with Gasteiger partial charge in [0, 0.05) is 45.2 Å². The van der Waals surface area contributed by atoms with E-state index in [1.165, 1.54) is 57.3 Å². The van der Waals surface area contributed by atoms with Crippen LogP contribution >= 0.6 is 66.4 Å². The van der Waals surface area contributed by atoms with E-state index in [-0.39, 0.29) is 109 Å². The predicted octanol–water partition coefficient (Wildman–Crippen LogP) is 19.0. The summed E-state index contributed by atoms with van der Waals surface area (Å²) in [6, 6.07) is 41.8. The summed E-state index contributed by atoms with van der Waals surface area (Å²) in [7, 11) is -1.16. The van der Waals surface area contributed by atoms with Crippen molar-refractivity contribution in [2.24, 2.45) is 34.5 Å². The Morgan fingerprint density at radius 3 is 1.14 bits per heavy atom. The van der Waals surface area contributed by atoms with Crippen LogP contribution in [0.3, 0.4) is 0 Å². The number of fused-ring (bicyclic) bond motifs is 2. The van der Waals surface area contributed by atoms with E-state index in [0.29, 0.717) is 29.3 Å². The van der Waals surface area contributed by atoms with E-state index in [9.17, 15) is 15.0 Å². The fourth-order valence-electron chi connectivity index (χ4n) is 15.5. The summed E-state index contributed by atoms with van der Waals surface area (Å²) >= 11 is 12.9. The number of carbonyl (C=O) groups excluding carboxylic acids is 1. The standard InChI is InChI=1S/C19H27BO2.C15H23BO2.C12H24B2O4.C10H18O2.C9H11Br.C9H12O.C9H10O.C4H10O.B.Br3P.Na.H/c1-5-13-7-6-8-14(9-13)12-20-21-17-11-15-10-16(18(15,2)3)19(17,4)22-20;1-6-12-8-7-9-13(10-12)11-16-17-14(2,3)15(4,5)18-16;1-9(2)10(3,4)16-13(15-9)14-17-11(5,6)12(7,8)18-14;1-9(2)6-4-7(9)10(3,12)8(11)5-6;3*1-2-8-4-3-5-9(6-8)7-10;1-3-5-4-2;;1-4(2)3;;/h6-9,15-17H,5,10-12H2,1-4H3;7-10H,6,11H2,1-5H3;1-8H3;6-8,11-12H,4-5H2,1-3H3;3-6H,2,7H2,1H3;3-6,10H,2,7H2,1H3;3-7H,2H2,1H3;3-4H2,1-2H3;;;;/q;;;;;;;;;;+1;-1/t15-,16-,17+,19-;;;6-,7-,8+,10-;;;;;;;;/m0..0......../s1. The number of hydrogen-bond acceptors (Lipinski definition) is 13. The molecule has 8 atom stereocenters. The minimum absolute atomic E-state index is 0. The molecule has 0 aromatic heterocycles. The minimum atomic E-state index is -0.849. The van der Waals surface area contributed by atoms with E-state index in [2.05, 4.69) is 238 Å². The number of benzene rings is 5. The SMILES string of the molecule is BrP(Br)Br.CC1(C)OB(B2OC(C)(C)C(C)(C)O2)OC1(C)C.CC1(C)[C@@H]2C[C@@H](O)[C@@](C)(O)[C@H]1C2.CCOCC.CCc1cccc(C=O)c1.CCc1cccc(CB2OC(C)(C)C(C)(C)O2)c1.CCc1cccc(CB2O[C@@H]3C[C@@H]4C[C@@H](C4(C)C)[C@]3(C)O2)c1.CCc1cccc(CBr)c1.CCc1cccc(CO)c1.[B].[H-].[Na+]. The summed E-state index contributed by atoms with van der Waals surface area (Å²) in [6.07, 6.45) is 12.0. The Labute approximate surface area is 733 Å². The first kappa shape index (κ1) is 104. The molecule has 4 heterocycles. The molecule has 10 fully saturated rings. The number of ether oxygens (including phenoxy) is 1. The summed E-state index contributed by atoms with van der Waals surface area (Å²) < 4.78 is 53.4. The summed E-state index contributed by atoms with van der Waals surface area (Å²) in [5, 5.41) is 29.4. The van der Waals surface area contributed by atoms with Gasteiger partial charge in [0.1, 0.15) is 10.3 Å². The molecular formula is C87H136B5Br4NaO13P. The normalized spacial score (nSPS) is 25.7. The number of aliphatic hydroxyl groups excluding tert-OH is 2. The van der Waals surface area contributed by atoms with Gasteiger partial charge in [-0.2, -0.15) is 0 Å². The maximum atomic E-state index is 10.3. The molecule has 15 rings (SSSR count). The number of aliphatic hydroxyl groups is 3. The van der Waals surface area contributed by atoms with Crippen LogP contribution in [-0.4, -0.2) is 129 Å². The van der Waals surface area contributed by atoms with Crippen LogP contribution in [0, 0.1) is 34.5 Å². The van der Waals surface area contributed by atoms with Crippen molar-refractivity contribution in [1.82, 2.24) is 0 Å². The molecule has 111 heavy (non-hydrogen) atoms. The van der Waals surface area contributed by atoms with Crippen LogP contribution in [0.15, 0.2) is 121 Å². The largest absolute Gasteiger partial charge is 1.00 e. The van der Waals surface area contributed by atoms with E-state index in [0.717, 1.165) is 99.5 Å². The van der Waals surface area contributed by atoms with Gasteiger partial charge in [-0.05, 0) is 306 Å². The van der Waals surface area contributed by atoms with Crippen LogP contribution in [0.5, 0.6) is 0 Å². The van der Waals surface area contributed by atoms with Gasteiger partial charge < -0.3 is 58.7 Å². The zero-order chi connectivity index (χ0) is 81.9. The van der Waals surface area contributed by atoms with Gasteiger partial charge >= 0.3 is 57.8 Å². The molecular weight excluding hydrogens is 1680 g/mol. The molecule has 611 valence electrons. The molecule has 6 saturated carbocycles. The summed E-state index contributed by atoms with van der Waals surface area (Å²) in [4.78, 5) is 10.3. The van der Waals surface area contributed by atoms with Gasteiger partial charge in [-0.15, -0.1) is 0 Å². The number of rotatable bonds is 15. The molecule has 3 N–H and O–H groups in total. The van der Waals surface area contributed by atoms with Gasteiger partial charge in [-0.1, -0.05) is 194 Å². The van der Waals surface area contributed by atoms with Crippen LogP contribution in [0.25, 0.3) is 0 Å². The second-order valence-corrected chi connectivity index (χ2v) is 50.6. The fourth-order valence-corrected chi connectivity index (χ4v) is 15.9. The molecule has 13 nitrogen and oxygen atoms in total. The minimum Gasteiger partial charge on any atom is -1.00 e. The Balaban J connectivity index is 0.000000441. The van der Waals surface area contributed by atoms with E-state index < -0.39 is 25.7 Å². The van der Waals surface area contributed by atoms with Gasteiger partial charge in [0.25, 0.3) is 0 Å². The molecule has 4 aliphatic heterocycles. The van der Waals surface area contributed by atoms with Crippen molar-refractivity contribution in [2.75, 3.05) is 13.2 Å². The molecule has 0 amide bonds. The van der Waals surface area contributed by atoms with Crippen molar-refractivity contribution in [2.45, 2.75) is 312 Å². The molecule has 24 heteroatoms. The maximum absolute atomic E-state index is 10.3. The van der Waals surface area contributed by atoms with Gasteiger partial charge in [-0.25, -0.2) is 0 Å². The van der Waals surface area contributed by atoms with Crippen LogP contribution in [0.1, 0.15) is 261 Å². The molecule has 10 aliphatic rings. The van der Waals surface area contributed by atoms with E-state index >= 15 is 0 Å². The Hall–Kier alpha value is -1.04. The summed E-state index contributed by atoms with van der Waals surface area (Å²) in [6.45, 7) is 54.4. The average Bonchev–Trinajstić information content (AvgIpc) is 1.24. The monoisotopic (exact) mass is 1810 g/mol. The van der Waals surface area contributed by atoms with Crippen molar-refractivity contribution >= 4 is 109 Å². The Kier molecular flexibility index (Phi) is 42.8. The summed E-state index contributed by atoms with van der Waals surface area (Å²) in [5.41, 5.74) is 10.2. The first-order valence-electron chi connectivity index (χ1n) is 39.9. The first-order chi connectivity index (χ1) is 50.8. The van der Waals surface area contributed by atoms with Crippen LogP contribution in [0.4, 0.5) is 0 Å². The zero-order valence-electron chi connectivity index (χ0n) is 73.5. The van der Waals surface area contributed by atoms with Gasteiger partial charge in [-0.3, -0.25) is 4.79 Å². The third-order valence-corrected chi connectivity index (χ3v) is 25.7. The third-order valence-electron chi connectivity index (χ3n) is 25.1. The molecule has 4 bridgehead atoms. The second kappa shape index (κ2) is 45.6. The number of halogens is 4. The van der Waals surface area contributed by atoms with Gasteiger partial charge in [0.15, 0.2) is 0 Å². The van der Waals surface area contributed by atoms with Crippen molar-refractivity contribution in [1.29, 1.82) is 0 Å². The first-order valence-corrected chi connectivity index (χ1v) is 48.5. The van der Waals surface area contributed by atoms with Crippen molar-refractivity contribution in [3.8, 4) is 0 Å². The molecule has 0 unspecified atom stereocenters. The fraction of sp³-hybridized carbons (Fsp3) is 0.644. The Bertz CT molecular complexity index is 3430. The van der Waals surface area contributed by atoms with Crippen molar-refractivity contribution in [3.63, 3.8) is 0 Å². The number of alkyl halides is 1. The quantitative estimate of drug-likeness (QED) is 0.0394. The van der Waals surface area contributed by atoms with E-state index in [1.54, 1.807) is 6.92 Å². The van der Waals surface area contributed by atoms with Gasteiger partial charge in [0.05, 0.1) is 63.6 Å². The van der Waals surface area contributed by atoms with E-state index in [1.807, 2.05) is 112 Å². The van der Waals surface area contributed by atoms with Crippen LogP contribution in [-0.2, 0) is 98.7 Å². The van der Waals surface area contributed by atoms with Crippen molar-refractivity contribution in [3.05, 3.63) is 177 Å². The Morgan fingerprint density at radius 2 is 0.793 bits per heavy atom. The number of aryl methyl sites for hydroxylation is 5. The topological polar surface area (TPSA) is 161 Å². The molecule has 5 aromatic carbocycles. The molecule has 6 aliphatic carbocycles. The second-order valence-electron chi connectivity index (χ2n) is 34.7. The van der Waals surface area contributed by atoms with Crippen LogP contribution < -0.4 is 29.6 Å². The molecule has 3 radical (unpaired) electrons. The van der Waals surface area contributed by atoms with E-state index in [4.69, 9.17) is 47.1 Å². The number of carbonyl (C=O) groups is 1. The summed E-state index contributed by atoms with van der Waals surface area (Å²) in [5.74, 6) is 2.38. The molecule has 4 saturated heterocycles. The van der Waals surface area contributed by atoms with Gasteiger partial charge in [0.2, 0.25) is 0 Å². The molecule has 5 aromatic rings.